The standard InChI is InChI=1S/C43H42F3N7O6S/c1-29(60-35-24-57-41(58-25-35)6-4-3-5-32-9-7-31(21-48)18-38(32)45)43(26-53-28-49-27-50-53,37-12-11-34(44)19-39(37)46)59-42(55)36-17-30(20-47)8-10-33(36)23-56-40(54)22-52-15-13-51(2)14-16-52/h3-12,17-19,27-29,35,41H,13-16,22-26H2,1-2H3/b5-3+,6-4+/t29-,35-,41-,43-/m1/s1. The number of esters is 2. The Morgan fingerprint density at radius 3 is 2.40 bits per heavy atom. The first kappa shape index (κ1) is 43.8. The number of hydrogen-bond donors (Lipinski definition) is 0. The van der Waals surface area contributed by atoms with E-state index in [1.807, 2.05) is 24.1 Å². The zero-order valence-corrected chi connectivity index (χ0v) is 33.7. The molecule has 2 atom stereocenters. The van der Waals surface area contributed by atoms with Gasteiger partial charge < -0.3 is 23.8 Å². The lowest BCUT2D eigenvalue weighted by Crippen LogP contribution is -2.47. The highest BCUT2D eigenvalue weighted by Gasteiger charge is 2.47. The number of carbonyl (C=O) groups is 2. The average Bonchev–Trinajstić information content (AvgIpc) is 3.76. The van der Waals surface area contributed by atoms with Crippen LogP contribution in [0, 0.1) is 40.1 Å². The molecule has 2 fully saturated rings. The number of ether oxygens (including phenoxy) is 4. The fraction of sp³-hybridized carbons (Fsp3) is 0.349. The maximum Gasteiger partial charge on any atom is 0.339 e. The van der Waals surface area contributed by atoms with Gasteiger partial charge >= 0.3 is 11.9 Å². The molecule has 0 bridgehead atoms. The number of rotatable bonds is 15. The zero-order valence-electron chi connectivity index (χ0n) is 32.9. The second-order valence-electron chi connectivity index (χ2n) is 14.2. The van der Waals surface area contributed by atoms with Crippen molar-refractivity contribution in [3.63, 3.8) is 0 Å². The lowest BCUT2D eigenvalue weighted by molar-refractivity contribution is -0.147. The van der Waals surface area contributed by atoms with E-state index in [-0.39, 0.29) is 66.0 Å². The molecule has 0 amide bonds. The van der Waals surface area contributed by atoms with Gasteiger partial charge in [0.25, 0.3) is 0 Å². The average molecular weight is 842 g/mol. The summed E-state index contributed by atoms with van der Waals surface area (Å²) in [6, 6.07) is 15.4. The van der Waals surface area contributed by atoms with E-state index in [0.29, 0.717) is 24.7 Å². The summed E-state index contributed by atoms with van der Waals surface area (Å²) in [4.78, 5) is 35.5. The molecule has 0 saturated carbocycles. The van der Waals surface area contributed by atoms with Crippen LogP contribution in [0.3, 0.4) is 0 Å². The van der Waals surface area contributed by atoms with Crippen LogP contribution in [0.25, 0.3) is 6.08 Å². The Bertz CT molecular complexity index is 2280. The molecule has 2 aliphatic heterocycles. The van der Waals surface area contributed by atoms with Gasteiger partial charge in [-0.3, -0.25) is 9.69 Å². The van der Waals surface area contributed by atoms with Crippen LogP contribution in [0.5, 0.6) is 0 Å². The Morgan fingerprint density at radius 2 is 1.72 bits per heavy atom. The SMILES string of the molecule is C[C@@H](S[C@H]1CO[C@H](/C=C/C=C/c2ccc(C#N)cc2F)OC1)[C@@](Cn1cncn1)(OC(=O)c1cc(C#N)ccc1COC(=O)CN1CCN(C)CC1)c1ccc(F)cc1F. The first-order chi connectivity index (χ1) is 29.0. The third kappa shape index (κ3) is 11.3. The molecule has 13 nitrogen and oxygen atoms in total. The number of nitriles is 2. The molecular formula is C43H42F3N7O6S. The number of nitrogens with zero attached hydrogens (tertiary/aromatic N) is 7. The summed E-state index contributed by atoms with van der Waals surface area (Å²) in [5.41, 5.74) is -1.21. The molecule has 312 valence electrons. The fourth-order valence-electron chi connectivity index (χ4n) is 6.70. The van der Waals surface area contributed by atoms with Gasteiger partial charge in [0.2, 0.25) is 0 Å². The van der Waals surface area contributed by atoms with Crippen LogP contribution in [-0.4, -0.2) is 106 Å². The van der Waals surface area contributed by atoms with E-state index < -0.39 is 46.5 Å². The largest absolute Gasteiger partial charge is 0.460 e. The number of allylic oxidation sites excluding steroid dienone is 2. The van der Waals surface area contributed by atoms with Gasteiger partial charge in [0.05, 0.1) is 60.4 Å². The van der Waals surface area contributed by atoms with Gasteiger partial charge in [0.1, 0.15) is 36.7 Å². The highest BCUT2D eigenvalue weighted by atomic mass is 32.2. The van der Waals surface area contributed by atoms with E-state index in [4.69, 9.17) is 24.2 Å². The van der Waals surface area contributed by atoms with Crippen LogP contribution < -0.4 is 0 Å². The lowest BCUT2D eigenvalue weighted by Gasteiger charge is -2.40. The van der Waals surface area contributed by atoms with Crippen molar-refractivity contribution in [1.82, 2.24) is 24.6 Å². The fourth-order valence-corrected chi connectivity index (χ4v) is 8.06. The van der Waals surface area contributed by atoms with Crippen LogP contribution in [0.1, 0.15) is 45.1 Å². The summed E-state index contributed by atoms with van der Waals surface area (Å²) in [7, 11) is 2.01. The van der Waals surface area contributed by atoms with E-state index >= 15 is 4.39 Å². The van der Waals surface area contributed by atoms with Gasteiger partial charge in [-0.2, -0.15) is 15.6 Å². The number of carbonyl (C=O) groups excluding carboxylic acids is 2. The number of thioether (sulfide) groups is 1. The summed E-state index contributed by atoms with van der Waals surface area (Å²) >= 11 is 1.29. The number of halogens is 3. The van der Waals surface area contributed by atoms with Gasteiger partial charge in [0, 0.05) is 54.2 Å². The van der Waals surface area contributed by atoms with Crippen molar-refractivity contribution in [2.45, 2.75) is 42.5 Å². The van der Waals surface area contributed by atoms with Gasteiger partial charge in [0.15, 0.2) is 11.9 Å². The van der Waals surface area contributed by atoms with E-state index in [2.05, 4.69) is 15.0 Å². The van der Waals surface area contributed by atoms with E-state index in [0.717, 1.165) is 25.2 Å². The van der Waals surface area contributed by atoms with E-state index in [9.17, 15) is 23.6 Å². The maximum atomic E-state index is 16.1. The highest BCUT2D eigenvalue weighted by Crippen LogP contribution is 2.42. The van der Waals surface area contributed by atoms with Gasteiger partial charge in [-0.15, -0.1) is 11.8 Å². The first-order valence-corrected chi connectivity index (χ1v) is 19.9. The maximum absolute atomic E-state index is 16.1. The number of aromatic nitrogens is 3. The molecule has 3 aromatic carbocycles. The third-order valence-electron chi connectivity index (χ3n) is 10.1. The molecule has 0 aliphatic carbocycles. The normalized spacial score (nSPS) is 19.1. The van der Waals surface area contributed by atoms with Crippen molar-refractivity contribution in [3.8, 4) is 12.1 Å². The first-order valence-electron chi connectivity index (χ1n) is 19.0. The molecule has 2 saturated heterocycles. The van der Waals surface area contributed by atoms with Crippen LogP contribution in [0.2, 0.25) is 0 Å². The minimum atomic E-state index is -1.88. The van der Waals surface area contributed by atoms with Crippen LogP contribution in [0.4, 0.5) is 13.2 Å². The molecule has 0 radical (unpaired) electrons. The van der Waals surface area contributed by atoms with E-state index in [1.165, 1.54) is 65.5 Å². The van der Waals surface area contributed by atoms with Crippen molar-refractivity contribution in [2.75, 3.05) is 53.0 Å². The van der Waals surface area contributed by atoms with Crippen molar-refractivity contribution in [2.24, 2.45) is 0 Å². The lowest BCUT2D eigenvalue weighted by atomic mass is 9.89. The smallest absolute Gasteiger partial charge is 0.339 e. The number of piperazine rings is 1. The Labute approximate surface area is 349 Å². The van der Waals surface area contributed by atoms with Crippen molar-refractivity contribution in [1.29, 1.82) is 10.5 Å². The Morgan fingerprint density at radius 1 is 0.983 bits per heavy atom. The van der Waals surface area contributed by atoms with Gasteiger partial charge in [-0.25, -0.2) is 27.6 Å². The van der Waals surface area contributed by atoms with Crippen molar-refractivity contribution >= 4 is 29.8 Å². The molecule has 17 heteroatoms. The minimum absolute atomic E-state index is 0.0628. The second-order valence-corrected chi connectivity index (χ2v) is 15.9. The van der Waals surface area contributed by atoms with Crippen molar-refractivity contribution < 1.29 is 41.7 Å². The second kappa shape index (κ2) is 20.4. The van der Waals surface area contributed by atoms with E-state index in [1.54, 1.807) is 31.2 Å². The summed E-state index contributed by atoms with van der Waals surface area (Å²) in [5.74, 6) is -3.80. The quantitative estimate of drug-likeness (QED) is 0.108. The van der Waals surface area contributed by atoms with Crippen LogP contribution in [-0.2, 0) is 42.5 Å². The predicted octanol–water partition coefficient (Wildman–Crippen LogP) is 5.61. The molecule has 6 rings (SSSR count). The topological polar surface area (TPSA) is 156 Å². The molecule has 4 aromatic rings. The summed E-state index contributed by atoms with van der Waals surface area (Å²) in [5, 5.41) is 21.8. The molecule has 0 unspecified atom stereocenters. The molecule has 1 aromatic heterocycles. The molecule has 3 heterocycles. The molecule has 0 spiro atoms. The number of likely N-dealkylation sites (N-methyl/N-ethyl adjacent to an activating group) is 1. The molecular weight excluding hydrogens is 800 g/mol. The van der Waals surface area contributed by atoms with Crippen molar-refractivity contribution in [3.05, 3.63) is 136 Å². The zero-order chi connectivity index (χ0) is 42.6. The summed E-state index contributed by atoms with van der Waals surface area (Å²) in [6.45, 7) is 4.59. The Kier molecular flexibility index (Phi) is 14.9. The monoisotopic (exact) mass is 841 g/mol. The predicted molar refractivity (Wildman–Crippen MR) is 214 cm³/mol. The summed E-state index contributed by atoms with van der Waals surface area (Å²) in [6.07, 6.45) is 8.34. The molecule has 60 heavy (non-hydrogen) atoms. The number of benzene rings is 3. The van der Waals surface area contributed by atoms with Gasteiger partial charge in [-0.1, -0.05) is 30.4 Å². The van der Waals surface area contributed by atoms with Crippen LogP contribution >= 0.6 is 11.8 Å². The molecule has 2 aliphatic rings. The third-order valence-corrected chi connectivity index (χ3v) is 11.5. The van der Waals surface area contributed by atoms with Crippen LogP contribution in [0.15, 0.2) is 85.5 Å². The number of hydrogen-bond acceptors (Lipinski definition) is 13. The minimum Gasteiger partial charge on any atom is -0.460 e. The Hall–Kier alpha value is -5.82. The highest BCUT2D eigenvalue weighted by molar-refractivity contribution is 8.00. The summed E-state index contributed by atoms with van der Waals surface area (Å²) < 4.78 is 70.0. The van der Waals surface area contributed by atoms with Gasteiger partial charge in [-0.05, 0) is 56.4 Å². The molecule has 0 N–H and O–H groups in total. The Balaban J connectivity index is 1.22.